The highest BCUT2D eigenvalue weighted by Gasteiger charge is 2.09. The minimum Gasteiger partial charge on any atom is -0.478 e. The van der Waals surface area contributed by atoms with Crippen molar-refractivity contribution in [1.29, 1.82) is 0 Å². The third-order valence-corrected chi connectivity index (χ3v) is 3.85. The van der Waals surface area contributed by atoms with Crippen LogP contribution in [0.2, 0.25) is 0 Å². The zero-order valence-electron chi connectivity index (χ0n) is 10.2. The molecule has 0 heterocycles. The summed E-state index contributed by atoms with van der Waals surface area (Å²) in [6.45, 7) is 2.04. The number of nitrogens with one attached hydrogen (secondary N) is 1. The molecule has 1 aromatic rings. The zero-order chi connectivity index (χ0) is 13.6. The Bertz CT molecular complexity index is 511. The number of aromatic carboxylic acids is 1. The van der Waals surface area contributed by atoms with E-state index in [1.807, 2.05) is 6.92 Å². The average molecular weight is 271 g/mol. The molecule has 0 aromatic heterocycles. The van der Waals surface area contributed by atoms with Crippen LogP contribution in [0.3, 0.4) is 0 Å². The molecule has 0 saturated heterocycles. The van der Waals surface area contributed by atoms with Gasteiger partial charge in [0.15, 0.2) is 0 Å². The molecule has 5 nitrogen and oxygen atoms in total. The topological polar surface area (TPSA) is 83.5 Å². The van der Waals surface area contributed by atoms with Crippen molar-refractivity contribution < 1.29 is 18.3 Å². The van der Waals surface area contributed by atoms with Crippen LogP contribution in [0.15, 0.2) is 24.3 Å². The molecule has 0 aliphatic heterocycles. The van der Waals surface area contributed by atoms with Gasteiger partial charge >= 0.3 is 5.97 Å². The van der Waals surface area contributed by atoms with E-state index in [1.54, 1.807) is 12.1 Å². The number of hydrogen-bond donors (Lipinski definition) is 2. The maximum Gasteiger partial charge on any atom is 0.335 e. The van der Waals surface area contributed by atoms with E-state index in [0.29, 0.717) is 12.0 Å². The lowest BCUT2D eigenvalue weighted by atomic mass is 10.1. The van der Waals surface area contributed by atoms with E-state index in [1.165, 1.54) is 12.1 Å². The van der Waals surface area contributed by atoms with Crippen LogP contribution in [-0.2, 0) is 16.6 Å². The maximum atomic E-state index is 11.6. The fraction of sp³-hybridized carbons (Fsp3) is 0.417. The van der Waals surface area contributed by atoms with E-state index in [9.17, 15) is 13.2 Å². The van der Waals surface area contributed by atoms with Crippen molar-refractivity contribution in [2.24, 2.45) is 0 Å². The van der Waals surface area contributed by atoms with Crippen LogP contribution in [0.25, 0.3) is 0 Å². The quantitative estimate of drug-likeness (QED) is 0.789. The molecule has 18 heavy (non-hydrogen) atoms. The summed E-state index contributed by atoms with van der Waals surface area (Å²) in [5.41, 5.74) is 0.787. The molecule has 0 saturated carbocycles. The number of carboxylic acids is 1. The highest BCUT2D eigenvalue weighted by molar-refractivity contribution is 7.89. The van der Waals surface area contributed by atoms with Gasteiger partial charge in [0, 0.05) is 6.54 Å². The Hall–Kier alpha value is -1.40. The van der Waals surface area contributed by atoms with Crippen molar-refractivity contribution in [1.82, 2.24) is 4.72 Å². The Morgan fingerprint density at radius 1 is 1.39 bits per heavy atom. The Balaban J connectivity index is 2.63. The van der Waals surface area contributed by atoms with E-state index in [4.69, 9.17) is 5.11 Å². The molecule has 0 spiro atoms. The molecular formula is C12H17NO4S. The SMILES string of the molecule is CCCCS(=O)(=O)NCc1cccc(C(=O)O)c1. The smallest absolute Gasteiger partial charge is 0.335 e. The first-order valence-electron chi connectivity index (χ1n) is 5.74. The molecule has 1 aromatic carbocycles. The van der Waals surface area contributed by atoms with Gasteiger partial charge in [-0.25, -0.2) is 17.9 Å². The fourth-order valence-electron chi connectivity index (χ4n) is 1.41. The van der Waals surface area contributed by atoms with E-state index >= 15 is 0 Å². The predicted octanol–water partition coefficient (Wildman–Crippen LogP) is 1.60. The van der Waals surface area contributed by atoms with Gasteiger partial charge in [-0.2, -0.15) is 0 Å². The minimum absolute atomic E-state index is 0.0993. The largest absolute Gasteiger partial charge is 0.478 e. The first-order chi connectivity index (χ1) is 8.44. The second kappa shape index (κ2) is 6.51. The molecule has 0 aliphatic carbocycles. The fourth-order valence-corrected chi connectivity index (χ4v) is 2.61. The van der Waals surface area contributed by atoms with Crippen LogP contribution < -0.4 is 4.72 Å². The summed E-state index contributed by atoms with van der Waals surface area (Å²) < 4.78 is 25.6. The van der Waals surface area contributed by atoms with Gasteiger partial charge in [0.2, 0.25) is 10.0 Å². The first-order valence-corrected chi connectivity index (χ1v) is 7.39. The normalized spacial score (nSPS) is 11.4. The van der Waals surface area contributed by atoms with E-state index in [0.717, 1.165) is 6.42 Å². The van der Waals surface area contributed by atoms with Gasteiger partial charge in [-0.3, -0.25) is 0 Å². The average Bonchev–Trinajstić information content (AvgIpc) is 2.34. The van der Waals surface area contributed by atoms with E-state index < -0.39 is 16.0 Å². The lowest BCUT2D eigenvalue weighted by Crippen LogP contribution is -2.25. The molecule has 0 amide bonds. The summed E-state index contributed by atoms with van der Waals surface area (Å²) in [6, 6.07) is 6.22. The molecule has 6 heteroatoms. The Morgan fingerprint density at radius 2 is 2.11 bits per heavy atom. The number of benzene rings is 1. The van der Waals surface area contributed by atoms with Crippen molar-refractivity contribution in [3.8, 4) is 0 Å². The van der Waals surface area contributed by atoms with Crippen LogP contribution in [0.4, 0.5) is 0 Å². The van der Waals surface area contributed by atoms with Crippen LogP contribution in [-0.4, -0.2) is 25.2 Å². The summed E-state index contributed by atoms with van der Waals surface area (Å²) >= 11 is 0. The highest BCUT2D eigenvalue weighted by atomic mass is 32.2. The number of unbranched alkanes of at least 4 members (excludes halogenated alkanes) is 1. The van der Waals surface area contributed by atoms with Crippen molar-refractivity contribution in [3.05, 3.63) is 35.4 Å². The number of hydrogen-bond acceptors (Lipinski definition) is 3. The second-order valence-corrected chi connectivity index (χ2v) is 5.93. The van der Waals surface area contributed by atoms with Crippen molar-refractivity contribution >= 4 is 16.0 Å². The molecule has 2 N–H and O–H groups in total. The Labute approximate surface area is 107 Å². The third-order valence-electron chi connectivity index (χ3n) is 2.44. The number of carbonyl (C=O) groups is 1. The van der Waals surface area contributed by atoms with Crippen LogP contribution in [0.1, 0.15) is 35.7 Å². The summed E-state index contributed by atoms with van der Waals surface area (Å²) in [5, 5.41) is 8.81. The maximum absolute atomic E-state index is 11.6. The Morgan fingerprint density at radius 3 is 2.72 bits per heavy atom. The van der Waals surface area contributed by atoms with Crippen LogP contribution in [0, 0.1) is 0 Å². The van der Waals surface area contributed by atoms with Crippen LogP contribution in [0.5, 0.6) is 0 Å². The lowest BCUT2D eigenvalue weighted by Gasteiger charge is -2.06. The third kappa shape index (κ3) is 4.85. The molecular weight excluding hydrogens is 254 g/mol. The number of carboxylic acid groups (broad SMARTS) is 1. The predicted molar refractivity (Wildman–Crippen MR) is 68.9 cm³/mol. The molecule has 0 fully saturated rings. The first kappa shape index (κ1) is 14.7. The molecule has 1 rings (SSSR count). The van der Waals surface area contributed by atoms with E-state index in [2.05, 4.69) is 4.72 Å². The molecule has 100 valence electrons. The number of rotatable bonds is 7. The van der Waals surface area contributed by atoms with Crippen molar-refractivity contribution in [3.63, 3.8) is 0 Å². The highest BCUT2D eigenvalue weighted by Crippen LogP contribution is 2.06. The van der Waals surface area contributed by atoms with Gasteiger partial charge in [-0.15, -0.1) is 0 Å². The summed E-state index contributed by atoms with van der Waals surface area (Å²) in [7, 11) is -3.27. The second-order valence-electron chi connectivity index (χ2n) is 4.00. The molecule has 0 unspecified atom stereocenters. The summed E-state index contributed by atoms with van der Waals surface area (Å²) in [6.07, 6.45) is 1.43. The van der Waals surface area contributed by atoms with Gasteiger partial charge in [-0.05, 0) is 24.1 Å². The summed E-state index contributed by atoms with van der Waals surface area (Å²) in [4.78, 5) is 10.8. The molecule has 0 radical (unpaired) electrons. The minimum atomic E-state index is -3.27. The summed E-state index contributed by atoms with van der Waals surface area (Å²) in [5.74, 6) is -0.923. The zero-order valence-corrected chi connectivity index (χ0v) is 11.0. The van der Waals surface area contributed by atoms with E-state index in [-0.39, 0.29) is 17.9 Å². The molecule has 0 aliphatic rings. The molecule has 0 atom stereocenters. The van der Waals surface area contributed by atoms with Crippen LogP contribution >= 0.6 is 0 Å². The lowest BCUT2D eigenvalue weighted by molar-refractivity contribution is 0.0696. The molecule has 0 bridgehead atoms. The van der Waals surface area contributed by atoms with Gasteiger partial charge in [0.25, 0.3) is 0 Å². The monoisotopic (exact) mass is 271 g/mol. The van der Waals surface area contributed by atoms with Gasteiger partial charge in [0.1, 0.15) is 0 Å². The van der Waals surface area contributed by atoms with Gasteiger partial charge in [-0.1, -0.05) is 25.5 Å². The van der Waals surface area contributed by atoms with Crippen molar-refractivity contribution in [2.75, 3.05) is 5.75 Å². The Kier molecular flexibility index (Phi) is 5.30. The standard InChI is InChI=1S/C12H17NO4S/c1-2-3-7-18(16,17)13-9-10-5-4-6-11(8-10)12(14)15/h4-6,8,13H,2-3,7,9H2,1H3,(H,14,15). The van der Waals surface area contributed by atoms with Crippen molar-refractivity contribution in [2.45, 2.75) is 26.3 Å². The van der Waals surface area contributed by atoms with Gasteiger partial charge in [0.05, 0.1) is 11.3 Å². The van der Waals surface area contributed by atoms with Gasteiger partial charge < -0.3 is 5.11 Å². The number of sulfonamides is 1.